The second-order valence-corrected chi connectivity index (χ2v) is 7.02. The van der Waals surface area contributed by atoms with Crippen LogP contribution in [0.2, 0.25) is 0 Å². The van der Waals surface area contributed by atoms with Crippen LogP contribution in [0.3, 0.4) is 0 Å². The van der Waals surface area contributed by atoms with E-state index in [1.165, 1.54) is 30.5 Å². The zero-order chi connectivity index (χ0) is 18.6. The predicted molar refractivity (Wildman–Crippen MR) is 99.0 cm³/mol. The average molecular weight is 367 g/mol. The van der Waals surface area contributed by atoms with E-state index in [2.05, 4.69) is 14.9 Å². The van der Waals surface area contributed by atoms with Crippen LogP contribution in [0.1, 0.15) is 24.8 Å². The van der Waals surface area contributed by atoms with Gasteiger partial charge in [-0.1, -0.05) is 18.6 Å². The van der Waals surface area contributed by atoms with E-state index in [-0.39, 0.29) is 5.82 Å². The molecule has 0 aromatic heterocycles. The molecule has 2 aromatic rings. The van der Waals surface area contributed by atoms with Gasteiger partial charge in [0.15, 0.2) is 0 Å². The Labute approximate surface area is 157 Å². The number of piperidine rings is 1. The van der Waals surface area contributed by atoms with Crippen molar-refractivity contribution in [3.8, 4) is 5.75 Å². The van der Waals surface area contributed by atoms with Gasteiger partial charge < -0.3 is 4.74 Å². The first-order valence-corrected chi connectivity index (χ1v) is 9.40. The molecule has 2 aromatic carbocycles. The summed E-state index contributed by atoms with van der Waals surface area (Å²) in [5.41, 5.74) is 1.17. The molecule has 5 nitrogen and oxygen atoms in total. The lowest BCUT2D eigenvalue weighted by Gasteiger charge is -2.35. The number of benzene rings is 2. The highest BCUT2D eigenvalue weighted by molar-refractivity contribution is 5.77. The van der Waals surface area contributed by atoms with E-state index in [1.807, 2.05) is 18.2 Å². The molecule has 0 radical (unpaired) electrons. The monoisotopic (exact) mass is 367 g/mol. The Kier molecular flexibility index (Phi) is 5.25. The molecular weight excluding hydrogens is 345 g/mol. The summed E-state index contributed by atoms with van der Waals surface area (Å²) in [5.74, 6) is 0.512. The maximum absolute atomic E-state index is 13.1. The van der Waals surface area contributed by atoms with Crippen LogP contribution in [0.25, 0.3) is 0 Å². The van der Waals surface area contributed by atoms with E-state index in [4.69, 9.17) is 4.74 Å². The second kappa shape index (κ2) is 7.96. The summed E-state index contributed by atoms with van der Waals surface area (Å²) in [6.07, 6.45) is 4.51. The smallest absolute Gasteiger partial charge is 0.368 e. The quantitative estimate of drug-likeness (QED) is 0.789. The van der Waals surface area contributed by atoms with Crippen LogP contribution in [-0.4, -0.2) is 36.7 Å². The largest absolute Gasteiger partial charge is 0.492 e. The molecule has 2 aliphatic heterocycles. The summed E-state index contributed by atoms with van der Waals surface area (Å²) in [7, 11) is 0. The van der Waals surface area contributed by atoms with Crippen LogP contribution in [-0.2, 0) is 6.42 Å². The van der Waals surface area contributed by atoms with Crippen molar-refractivity contribution < 1.29 is 13.9 Å². The van der Waals surface area contributed by atoms with Gasteiger partial charge in [-0.2, -0.15) is 9.98 Å². The summed E-state index contributed by atoms with van der Waals surface area (Å²) in [6.45, 7) is 2.47. The van der Waals surface area contributed by atoms with Gasteiger partial charge in [-0.3, -0.25) is 4.90 Å². The number of urea groups is 1. The van der Waals surface area contributed by atoms with Gasteiger partial charge in [-0.05, 0) is 55.6 Å². The third-order valence-electron chi connectivity index (χ3n) is 5.16. The molecule has 1 atom stereocenters. The van der Waals surface area contributed by atoms with Crippen molar-refractivity contribution >= 4 is 6.03 Å². The third-order valence-corrected chi connectivity index (χ3v) is 5.16. The lowest BCUT2D eigenvalue weighted by atomic mass is 9.95. The molecule has 2 aliphatic rings. The summed E-state index contributed by atoms with van der Waals surface area (Å²) in [5, 5.41) is 1.17. The van der Waals surface area contributed by atoms with E-state index in [1.54, 1.807) is 12.1 Å². The number of ether oxygens (including phenoxy) is 1. The van der Waals surface area contributed by atoms with Crippen molar-refractivity contribution in [3.63, 3.8) is 0 Å². The Balaban J connectivity index is 1.34. The van der Waals surface area contributed by atoms with E-state index in [0.717, 1.165) is 25.9 Å². The third kappa shape index (κ3) is 4.39. The molecule has 1 fully saturated rings. The summed E-state index contributed by atoms with van der Waals surface area (Å²) in [4.78, 5) is 21.4. The van der Waals surface area contributed by atoms with Crippen molar-refractivity contribution in [2.24, 2.45) is 9.98 Å². The lowest BCUT2D eigenvalue weighted by Crippen LogP contribution is -2.43. The molecule has 2 heterocycles. The zero-order valence-corrected chi connectivity index (χ0v) is 15.1. The van der Waals surface area contributed by atoms with Gasteiger partial charge in [0.05, 0.1) is 10.7 Å². The summed E-state index contributed by atoms with van der Waals surface area (Å²) in [6, 6.07) is 12.1. The Morgan fingerprint density at radius 1 is 1.07 bits per heavy atom. The summed E-state index contributed by atoms with van der Waals surface area (Å²) >= 11 is 0. The molecule has 1 unspecified atom stereocenters. The van der Waals surface area contributed by atoms with Gasteiger partial charge in [-0.25, -0.2) is 9.18 Å². The van der Waals surface area contributed by atoms with Crippen LogP contribution >= 0.6 is 0 Å². The minimum atomic E-state index is -0.459. The molecule has 6 heteroatoms. The Morgan fingerprint density at radius 2 is 1.89 bits per heavy atom. The number of carbonyl (C=O) groups is 1. The van der Waals surface area contributed by atoms with E-state index < -0.39 is 6.03 Å². The van der Waals surface area contributed by atoms with Crippen molar-refractivity contribution in [3.05, 3.63) is 64.6 Å². The fourth-order valence-corrected chi connectivity index (χ4v) is 3.77. The van der Waals surface area contributed by atoms with E-state index >= 15 is 0 Å². The number of rotatable bonds is 6. The fourth-order valence-electron chi connectivity index (χ4n) is 3.77. The Morgan fingerprint density at radius 3 is 2.74 bits per heavy atom. The number of halogens is 1. The van der Waals surface area contributed by atoms with Crippen molar-refractivity contribution in [1.29, 1.82) is 0 Å². The number of nitrogens with zero attached hydrogens (tertiary/aromatic N) is 3. The summed E-state index contributed by atoms with van der Waals surface area (Å²) < 4.78 is 19.0. The molecular formula is C21H22FN3O2. The first kappa shape index (κ1) is 17.8. The number of likely N-dealkylation sites (tertiary alicyclic amines) is 1. The number of hydrogen-bond donors (Lipinski definition) is 0. The SMILES string of the molecule is O=C1N=c2ccc(OCCN3CCCCC3Cc3ccc(F)cc3)cc2=N1. The average Bonchev–Trinajstić information content (AvgIpc) is 3.04. The first-order chi connectivity index (χ1) is 13.2. The molecule has 0 N–H and O–H groups in total. The number of fused-ring (bicyclic) bond motifs is 1. The Bertz CT molecular complexity index is 943. The maximum Gasteiger partial charge on any atom is 0.368 e. The fraction of sp³-hybridized carbons (Fsp3) is 0.381. The van der Waals surface area contributed by atoms with E-state index in [9.17, 15) is 9.18 Å². The highest BCUT2D eigenvalue weighted by Crippen LogP contribution is 2.21. The molecule has 140 valence electrons. The lowest BCUT2D eigenvalue weighted by molar-refractivity contribution is 0.122. The van der Waals surface area contributed by atoms with Gasteiger partial charge in [0.25, 0.3) is 0 Å². The van der Waals surface area contributed by atoms with Gasteiger partial charge in [0.1, 0.15) is 18.2 Å². The predicted octanol–water partition coefficient (Wildman–Crippen LogP) is 2.67. The number of hydrogen-bond acceptors (Lipinski definition) is 3. The van der Waals surface area contributed by atoms with Crippen molar-refractivity contribution in [2.75, 3.05) is 19.7 Å². The minimum Gasteiger partial charge on any atom is -0.492 e. The van der Waals surface area contributed by atoms with Crippen molar-refractivity contribution in [2.45, 2.75) is 31.7 Å². The van der Waals surface area contributed by atoms with Gasteiger partial charge >= 0.3 is 6.03 Å². The van der Waals surface area contributed by atoms with E-state index in [0.29, 0.717) is 29.1 Å². The molecule has 0 bridgehead atoms. The number of carbonyl (C=O) groups excluding carboxylic acids is 1. The number of amides is 2. The topological polar surface area (TPSA) is 54.3 Å². The molecule has 0 aliphatic carbocycles. The molecule has 4 rings (SSSR count). The molecule has 0 saturated carbocycles. The van der Waals surface area contributed by atoms with Gasteiger partial charge in [0, 0.05) is 18.7 Å². The second-order valence-electron chi connectivity index (χ2n) is 7.02. The molecule has 0 spiro atoms. The first-order valence-electron chi connectivity index (χ1n) is 9.40. The molecule has 2 amide bonds. The van der Waals surface area contributed by atoms with Crippen LogP contribution < -0.4 is 15.5 Å². The van der Waals surface area contributed by atoms with Crippen molar-refractivity contribution in [1.82, 2.24) is 4.90 Å². The van der Waals surface area contributed by atoms with Gasteiger partial charge in [-0.15, -0.1) is 0 Å². The minimum absolute atomic E-state index is 0.191. The molecule has 1 saturated heterocycles. The van der Waals surface area contributed by atoms with Crippen LogP contribution in [0.15, 0.2) is 52.4 Å². The Hall–Kier alpha value is -2.60. The maximum atomic E-state index is 13.1. The normalized spacial score (nSPS) is 19.3. The van der Waals surface area contributed by atoms with Crippen LogP contribution in [0, 0.1) is 5.82 Å². The molecule has 27 heavy (non-hydrogen) atoms. The van der Waals surface area contributed by atoms with Crippen LogP contribution in [0.5, 0.6) is 5.75 Å². The standard InChI is InChI=1S/C21H22FN3O2/c22-16-6-4-15(5-7-16)13-17-3-1-2-10-25(17)11-12-27-18-8-9-19-20(14-18)24-21(26)23-19/h4-9,14,17H,1-3,10-13H2. The highest BCUT2D eigenvalue weighted by atomic mass is 19.1. The zero-order valence-electron chi connectivity index (χ0n) is 15.1. The highest BCUT2D eigenvalue weighted by Gasteiger charge is 2.22. The van der Waals surface area contributed by atoms with Gasteiger partial charge in [0.2, 0.25) is 0 Å². The van der Waals surface area contributed by atoms with Crippen LogP contribution in [0.4, 0.5) is 9.18 Å².